The second-order valence-corrected chi connectivity index (χ2v) is 13.5. The van der Waals surface area contributed by atoms with E-state index in [4.69, 9.17) is 14.7 Å². The molecule has 4 aromatic carbocycles. The summed E-state index contributed by atoms with van der Waals surface area (Å²) < 4.78 is 32.5. The second-order valence-electron chi connectivity index (χ2n) is 11.6. The maximum Gasteiger partial charge on any atom is 0.344 e. The van der Waals surface area contributed by atoms with E-state index in [1.54, 1.807) is 24.0 Å². The van der Waals surface area contributed by atoms with E-state index in [-0.39, 0.29) is 24.3 Å². The maximum atomic E-state index is 13.3. The first-order valence-electron chi connectivity index (χ1n) is 15.3. The van der Waals surface area contributed by atoms with Crippen molar-refractivity contribution in [3.8, 4) is 16.9 Å². The van der Waals surface area contributed by atoms with Crippen LogP contribution in [0.3, 0.4) is 0 Å². The first-order valence-corrected chi connectivity index (χ1v) is 17.0. The van der Waals surface area contributed by atoms with Crippen LogP contribution < -0.4 is 4.74 Å². The van der Waals surface area contributed by atoms with Gasteiger partial charge in [-0.2, -0.15) is 0 Å². The van der Waals surface area contributed by atoms with Gasteiger partial charge >= 0.3 is 5.97 Å². The van der Waals surface area contributed by atoms with E-state index in [1.807, 2.05) is 84.9 Å². The van der Waals surface area contributed by atoms with Crippen LogP contribution in [-0.2, 0) is 30.0 Å². The predicted molar refractivity (Wildman–Crippen MR) is 177 cm³/mol. The average Bonchev–Trinajstić information content (AvgIpc) is 3.18. The number of hydrogen-bond acceptors (Lipinski definition) is 8. The van der Waals surface area contributed by atoms with E-state index in [1.165, 1.54) is 0 Å². The minimum atomic E-state index is -3.49. The van der Waals surface area contributed by atoms with Crippen LogP contribution in [0.1, 0.15) is 35.2 Å². The average molecular weight is 654 g/mol. The van der Waals surface area contributed by atoms with Gasteiger partial charge in [0, 0.05) is 26.2 Å². The molecule has 0 radical (unpaired) electrons. The van der Waals surface area contributed by atoms with Crippen molar-refractivity contribution in [3.05, 3.63) is 119 Å². The van der Waals surface area contributed by atoms with E-state index >= 15 is 0 Å². The van der Waals surface area contributed by atoms with Gasteiger partial charge in [-0.3, -0.25) is 9.69 Å². The molecule has 1 N–H and O–H groups in total. The number of piperazine rings is 1. The third-order valence-corrected chi connectivity index (χ3v) is 10.2. The van der Waals surface area contributed by atoms with E-state index in [0.29, 0.717) is 42.5 Å². The van der Waals surface area contributed by atoms with Crippen LogP contribution in [0.15, 0.2) is 107 Å². The minimum Gasteiger partial charge on any atom is -0.484 e. The van der Waals surface area contributed by atoms with Crippen molar-refractivity contribution >= 4 is 27.4 Å². The minimum absolute atomic E-state index is 0.0287. The van der Waals surface area contributed by atoms with Gasteiger partial charge in [-0.1, -0.05) is 84.0 Å². The quantitative estimate of drug-likeness (QED) is 0.202. The number of carboxylic acids is 1. The molecule has 0 spiro atoms. The summed E-state index contributed by atoms with van der Waals surface area (Å²) in [5.41, 5.74) is 5.80. The fourth-order valence-electron chi connectivity index (χ4n) is 6.14. The Labute approximate surface area is 273 Å². The van der Waals surface area contributed by atoms with Crippen LogP contribution in [-0.4, -0.2) is 80.3 Å². The third kappa shape index (κ3) is 7.21. The number of aliphatic carboxylic acids is 1. The molecule has 0 aromatic heterocycles. The number of hydrogen-bond donors (Lipinski definition) is 1. The predicted octanol–water partition coefficient (Wildman–Crippen LogP) is 4.78. The summed E-state index contributed by atoms with van der Waals surface area (Å²) in [7, 11) is -3.49. The Morgan fingerprint density at radius 3 is 2.28 bits per heavy atom. The molecule has 2 aliphatic rings. The van der Waals surface area contributed by atoms with Crippen LogP contribution in [0.4, 0.5) is 0 Å². The van der Waals surface area contributed by atoms with Gasteiger partial charge in [0.1, 0.15) is 5.75 Å². The number of fused-ring (bicyclic) bond motifs is 2. The monoisotopic (exact) mass is 653 g/mol. The topological polar surface area (TPSA) is 126 Å². The molecule has 242 valence electrons. The molecule has 6 rings (SSSR count). The number of benzene rings is 4. The number of carbonyl (C=O) groups excluding carboxylic acids is 1. The Hall–Kier alpha value is -5.00. The number of ether oxygens (including phenoxy) is 1. The zero-order chi connectivity index (χ0) is 33.0. The highest BCUT2D eigenvalue weighted by Gasteiger charge is 2.36. The number of oxime groups is 1. The van der Waals surface area contributed by atoms with Crippen molar-refractivity contribution in [1.82, 2.24) is 9.80 Å². The number of carbonyl (C=O) groups is 2. The summed E-state index contributed by atoms with van der Waals surface area (Å²) in [5.74, 6) is -0.652. The maximum absolute atomic E-state index is 13.3. The second kappa shape index (κ2) is 13.8. The van der Waals surface area contributed by atoms with E-state index < -0.39 is 22.4 Å². The smallest absolute Gasteiger partial charge is 0.344 e. The molecule has 0 bridgehead atoms. The van der Waals surface area contributed by atoms with E-state index in [9.17, 15) is 18.0 Å². The molecule has 1 atom stereocenters. The molecule has 47 heavy (non-hydrogen) atoms. The molecular weight excluding hydrogens is 618 g/mol. The molecule has 4 aromatic rings. The highest BCUT2D eigenvalue weighted by Crippen LogP contribution is 2.40. The first-order chi connectivity index (χ1) is 22.7. The highest BCUT2D eigenvalue weighted by atomic mass is 32.2. The standard InChI is InChI=1S/C36H35N3O7S/c1-25(37-46-23-35(41)42)26-13-15-27(16-14-26)28-8-6-9-30(21-28)45-22-34(40)38-17-19-39(20-18-38)36-31-10-3-2-7-29(31)24-47(43,44)33-12-5-4-11-32(33)36/h2-16,21,36H,17-20,22-24H2,1H3,(H,41,42)/b37-25+. The Balaban J connectivity index is 1.08. The summed E-state index contributed by atoms with van der Waals surface area (Å²) in [6, 6.07) is 29.9. The Morgan fingerprint density at radius 2 is 1.53 bits per heavy atom. The summed E-state index contributed by atoms with van der Waals surface area (Å²) in [6.45, 7) is 3.35. The van der Waals surface area contributed by atoms with Crippen LogP contribution >= 0.6 is 0 Å². The Kier molecular flexibility index (Phi) is 9.37. The molecular formula is C36H35N3O7S. The summed E-state index contributed by atoms with van der Waals surface area (Å²) in [5, 5.41) is 12.5. The van der Waals surface area contributed by atoms with Gasteiger partial charge in [-0.25, -0.2) is 13.2 Å². The van der Waals surface area contributed by atoms with Gasteiger partial charge in [-0.05, 0) is 58.5 Å². The zero-order valence-corrected chi connectivity index (χ0v) is 26.7. The highest BCUT2D eigenvalue weighted by molar-refractivity contribution is 7.90. The summed E-state index contributed by atoms with van der Waals surface area (Å²) in [6.07, 6.45) is 0. The van der Waals surface area contributed by atoms with Gasteiger partial charge in [0.15, 0.2) is 16.4 Å². The zero-order valence-electron chi connectivity index (χ0n) is 25.9. The fraction of sp³-hybridized carbons (Fsp3) is 0.250. The van der Waals surface area contributed by atoms with Crippen LogP contribution in [0.5, 0.6) is 5.75 Å². The summed E-state index contributed by atoms with van der Waals surface area (Å²) >= 11 is 0. The van der Waals surface area contributed by atoms with Crippen LogP contribution in [0, 0.1) is 0 Å². The van der Waals surface area contributed by atoms with Crippen molar-refractivity contribution in [2.45, 2.75) is 23.6 Å². The van der Waals surface area contributed by atoms with Gasteiger partial charge in [0.25, 0.3) is 5.91 Å². The molecule has 2 aliphatic heterocycles. The Bertz CT molecular complexity index is 1920. The normalized spacial score (nSPS) is 17.6. The lowest BCUT2D eigenvalue weighted by Gasteiger charge is -2.40. The van der Waals surface area contributed by atoms with E-state index in [2.05, 4.69) is 10.1 Å². The third-order valence-electron chi connectivity index (χ3n) is 8.50. The largest absolute Gasteiger partial charge is 0.484 e. The van der Waals surface area contributed by atoms with Crippen LogP contribution in [0.25, 0.3) is 11.1 Å². The molecule has 0 aliphatic carbocycles. The lowest BCUT2D eigenvalue weighted by Crippen LogP contribution is -2.51. The number of rotatable bonds is 9. The van der Waals surface area contributed by atoms with Gasteiger partial charge in [0.05, 0.1) is 22.4 Å². The van der Waals surface area contributed by atoms with Crippen molar-refractivity contribution in [3.63, 3.8) is 0 Å². The van der Waals surface area contributed by atoms with Crippen LogP contribution in [0.2, 0.25) is 0 Å². The number of amides is 1. The van der Waals surface area contributed by atoms with Crippen molar-refractivity contribution in [1.29, 1.82) is 0 Å². The molecule has 0 saturated carbocycles. The molecule has 1 saturated heterocycles. The molecule has 2 heterocycles. The van der Waals surface area contributed by atoms with E-state index in [0.717, 1.165) is 33.4 Å². The Morgan fingerprint density at radius 1 is 0.830 bits per heavy atom. The molecule has 11 heteroatoms. The number of nitrogens with zero attached hydrogens (tertiary/aromatic N) is 3. The van der Waals surface area contributed by atoms with Crippen molar-refractivity contribution in [2.24, 2.45) is 5.16 Å². The van der Waals surface area contributed by atoms with Crippen molar-refractivity contribution < 1.29 is 32.7 Å². The molecule has 1 unspecified atom stereocenters. The lowest BCUT2D eigenvalue weighted by molar-refractivity contribution is -0.142. The lowest BCUT2D eigenvalue weighted by atomic mass is 9.93. The molecule has 1 amide bonds. The van der Waals surface area contributed by atoms with Gasteiger partial charge < -0.3 is 19.6 Å². The number of carboxylic acid groups (broad SMARTS) is 1. The van der Waals surface area contributed by atoms with Gasteiger partial charge in [-0.15, -0.1) is 0 Å². The fourth-order valence-corrected chi connectivity index (χ4v) is 7.79. The molecule has 1 fully saturated rings. The molecule has 10 nitrogen and oxygen atoms in total. The SMILES string of the molecule is C/C(=N\OCC(=O)O)c1ccc(-c2cccc(OCC(=O)N3CCN(C4c5ccccc5CS(=O)(=O)c5ccccc54)CC3)c2)cc1. The number of sulfone groups is 1. The van der Waals surface area contributed by atoms with Gasteiger partial charge in [0.2, 0.25) is 6.61 Å². The first kappa shape index (κ1) is 32.0. The summed E-state index contributed by atoms with van der Waals surface area (Å²) in [4.78, 5) is 33.1. The van der Waals surface area contributed by atoms with Crippen molar-refractivity contribution in [2.75, 3.05) is 39.4 Å².